The highest BCUT2D eigenvalue weighted by atomic mass is 79.9. The summed E-state index contributed by atoms with van der Waals surface area (Å²) in [5.74, 6) is 0.582. The van der Waals surface area contributed by atoms with E-state index in [2.05, 4.69) is 21.2 Å². The van der Waals surface area contributed by atoms with Gasteiger partial charge in [0.1, 0.15) is 11.8 Å². The molecule has 0 aliphatic heterocycles. The SMILES string of the molecule is CC(C)NC(=O)C(C)N(Cc1ccc(Br)cc1)C(=O)CCCOc1ccccc1. The van der Waals surface area contributed by atoms with Crippen molar-refractivity contribution in [1.82, 2.24) is 10.2 Å². The number of ether oxygens (including phenoxy) is 1. The lowest BCUT2D eigenvalue weighted by Gasteiger charge is -2.29. The molecule has 2 aromatic rings. The maximum atomic E-state index is 12.9. The van der Waals surface area contributed by atoms with E-state index >= 15 is 0 Å². The van der Waals surface area contributed by atoms with Crippen LogP contribution in [0.25, 0.3) is 0 Å². The Hall–Kier alpha value is -2.34. The summed E-state index contributed by atoms with van der Waals surface area (Å²) in [4.78, 5) is 27.1. The summed E-state index contributed by atoms with van der Waals surface area (Å²) >= 11 is 3.42. The molecule has 0 fully saturated rings. The summed E-state index contributed by atoms with van der Waals surface area (Å²) in [5.41, 5.74) is 0.978. The van der Waals surface area contributed by atoms with Crippen LogP contribution in [0.2, 0.25) is 0 Å². The molecule has 0 spiro atoms. The van der Waals surface area contributed by atoms with Crippen LogP contribution < -0.4 is 10.1 Å². The average Bonchev–Trinajstić information content (AvgIpc) is 2.70. The van der Waals surface area contributed by atoms with E-state index in [1.165, 1.54) is 0 Å². The molecule has 0 heterocycles. The number of halogens is 1. The second kappa shape index (κ2) is 11.6. The standard InChI is InChI=1S/C23H29BrN2O3/c1-17(2)25-23(28)18(3)26(16-19-11-13-20(24)14-12-19)22(27)10-7-15-29-21-8-5-4-6-9-21/h4-6,8-9,11-14,17-18H,7,10,15-16H2,1-3H3,(H,25,28). The van der Waals surface area contributed by atoms with Gasteiger partial charge in [0.15, 0.2) is 0 Å². The monoisotopic (exact) mass is 460 g/mol. The van der Waals surface area contributed by atoms with Gasteiger partial charge in [0.05, 0.1) is 6.61 Å². The van der Waals surface area contributed by atoms with Crippen LogP contribution in [0.4, 0.5) is 0 Å². The molecule has 29 heavy (non-hydrogen) atoms. The van der Waals surface area contributed by atoms with Crippen LogP contribution >= 0.6 is 15.9 Å². The van der Waals surface area contributed by atoms with Crippen molar-refractivity contribution in [2.24, 2.45) is 0 Å². The lowest BCUT2D eigenvalue weighted by atomic mass is 10.1. The van der Waals surface area contributed by atoms with Crippen molar-refractivity contribution >= 4 is 27.7 Å². The highest BCUT2D eigenvalue weighted by Gasteiger charge is 2.26. The van der Waals surface area contributed by atoms with Crippen LogP contribution in [0, 0.1) is 0 Å². The van der Waals surface area contributed by atoms with Crippen LogP contribution in [0.5, 0.6) is 5.75 Å². The number of hydrogen-bond donors (Lipinski definition) is 1. The number of benzene rings is 2. The Balaban J connectivity index is 1.99. The summed E-state index contributed by atoms with van der Waals surface area (Å²) in [6.45, 7) is 6.43. The van der Waals surface area contributed by atoms with Crippen LogP contribution in [-0.2, 0) is 16.1 Å². The minimum Gasteiger partial charge on any atom is -0.494 e. The largest absolute Gasteiger partial charge is 0.494 e. The Kier molecular flexibility index (Phi) is 9.19. The van der Waals surface area contributed by atoms with E-state index in [0.717, 1.165) is 15.8 Å². The van der Waals surface area contributed by atoms with E-state index in [1.54, 1.807) is 11.8 Å². The van der Waals surface area contributed by atoms with Gasteiger partial charge in [0.25, 0.3) is 0 Å². The number of hydrogen-bond acceptors (Lipinski definition) is 3. The molecule has 0 aliphatic carbocycles. The smallest absolute Gasteiger partial charge is 0.242 e. The second-order valence-corrected chi connectivity index (χ2v) is 8.17. The molecule has 2 rings (SSSR count). The van der Waals surface area contributed by atoms with Crippen LogP contribution in [-0.4, -0.2) is 35.4 Å². The molecule has 0 radical (unpaired) electrons. The Bertz CT molecular complexity index is 778. The van der Waals surface area contributed by atoms with Gasteiger partial charge in [0, 0.05) is 23.5 Å². The summed E-state index contributed by atoms with van der Waals surface area (Å²) < 4.78 is 6.65. The van der Waals surface area contributed by atoms with Crippen molar-refractivity contribution in [1.29, 1.82) is 0 Å². The zero-order valence-electron chi connectivity index (χ0n) is 17.2. The van der Waals surface area contributed by atoms with Crippen molar-refractivity contribution in [2.75, 3.05) is 6.61 Å². The minimum absolute atomic E-state index is 0.0221. The Morgan fingerprint density at radius 1 is 1.03 bits per heavy atom. The Labute approximate surface area is 181 Å². The molecule has 156 valence electrons. The fourth-order valence-corrected chi connectivity index (χ4v) is 3.11. The van der Waals surface area contributed by atoms with Gasteiger partial charge in [0.2, 0.25) is 11.8 Å². The van der Waals surface area contributed by atoms with Crippen molar-refractivity contribution in [3.8, 4) is 5.75 Å². The van der Waals surface area contributed by atoms with E-state index in [-0.39, 0.29) is 17.9 Å². The zero-order valence-corrected chi connectivity index (χ0v) is 18.8. The van der Waals surface area contributed by atoms with E-state index in [9.17, 15) is 9.59 Å². The highest BCUT2D eigenvalue weighted by molar-refractivity contribution is 9.10. The molecule has 1 atom stereocenters. The number of carbonyl (C=O) groups is 2. The average molecular weight is 461 g/mol. The van der Waals surface area contributed by atoms with Crippen molar-refractivity contribution in [3.63, 3.8) is 0 Å². The van der Waals surface area contributed by atoms with Crippen molar-refractivity contribution in [2.45, 2.75) is 52.2 Å². The molecular formula is C23H29BrN2O3. The minimum atomic E-state index is -0.552. The van der Waals surface area contributed by atoms with Crippen LogP contribution in [0.15, 0.2) is 59.1 Å². The maximum absolute atomic E-state index is 12.9. The first-order valence-electron chi connectivity index (χ1n) is 9.89. The third kappa shape index (κ3) is 7.89. The number of nitrogens with one attached hydrogen (secondary N) is 1. The van der Waals surface area contributed by atoms with Gasteiger partial charge in [-0.2, -0.15) is 0 Å². The molecule has 0 saturated carbocycles. The summed E-state index contributed by atoms with van der Waals surface area (Å²) in [6, 6.07) is 16.8. The molecule has 0 bridgehead atoms. The highest BCUT2D eigenvalue weighted by Crippen LogP contribution is 2.16. The van der Waals surface area contributed by atoms with Gasteiger partial charge in [-0.25, -0.2) is 0 Å². The molecule has 1 unspecified atom stereocenters. The van der Waals surface area contributed by atoms with Gasteiger partial charge in [-0.05, 0) is 57.0 Å². The molecule has 5 nitrogen and oxygen atoms in total. The van der Waals surface area contributed by atoms with Crippen molar-refractivity contribution < 1.29 is 14.3 Å². The molecule has 0 aromatic heterocycles. The van der Waals surface area contributed by atoms with E-state index in [4.69, 9.17) is 4.74 Å². The Morgan fingerprint density at radius 2 is 1.69 bits per heavy atom. The molecule has 1 N–H and O–H groups in total. The fraction of sp³-hybridized carbons (Fsp3) is 0.391. The van der Waals surface area contributed by atoms with Gasteiger partial charge >= 0.3 is 0 Å². The normalized spacial score (nSPS) is 11.8. The third-order valence-electron chi connectivity index (χ3n) is 4.41. The maximum Gasteiger partial charge on any atom is 0.242 e. The molecule has 6 heteroatoms. The first-order chi connectivity index (χ1) is 13.9. The number of rotatable bonds is 10. The quantitative estimate of drug-likeness (QED) is 0.529. The number of para-hydroxylation sites is 1. The van der Waals surface area contributed by atoms with E-state index < -0.39 is 6.04 Å². The summed E-state index contributed by atoms with van der Waals surface area (Å²) in [7, 11) is 0. The topological polar surface area (TPSA) is 58.6 Å². The van der Waals surface area contributed by atoms with Gasteiger partial charge in [-0.15, -0.1) is 0 Å². The summed E-state index contributed by atoms with van der Waals surface area (Å²) in [6.07, 6.45) is 0.908. The predicted molar refractivity (Wildman–Crippen MR) is 119 cm³/mol. The lowest BCUT2D eigenvalue weighted by molar-refractivity contribution is -0.141. The molecule has 2 aromatic carbocycles. The molecular weight excluding hydrogens is 432 g/mol. The number of nitrogens with zero attached hydrogens (tertiary/aromatic N) is 1. The zero-order chi connectivity index (χ0) is 21.2. The third-order valence-corrected chi connectivity index (χ3v) is 4.94. The van der Waals surface area contributed by atoms with Crippen LogP contribution in [0.1, 0.15) is 39.2 Å². The molecule has 0 aliphatic rings. The van der Waals surface area contributed by atoms with E-state index in [1.807, 2.05) is 68.4 Å². The van der Waals surface area contributed by atoms with E-state index in [0.29, 0.717) is 26.0 Å². The molecule has 2 amide bonds. The predicted octanol–water partition coefficient (Wildman–Crippen LogP) is 4.55. The molecule has 0 saturated heterocycles. The number of amides is 2. The van der Waals surface area contributed by atoms with Gasteiger partial charge < -0.3 is 15.0 Å². The first-order valence-corrected chi connectivity index (χ1v) is 10.7. The fourth-order valence-electron chi connectivity index (χ4n) is 2.85. The van der Waals surface area contributed by atoms with Gasteiger partial charge in [-0.1, -0.05) is 46.3 Å². The van der Waals surface area contributed by atoms with Crippen LogP contribution in [0.3, 0.4) is 0 Å². The Morgan fingerprint density at radius 3 is 2.31 bits per heavy atom. The summed E-state index contributed by atoms with van der Waals surface area (Å²) in [5, 5.41) is 2.90. The second-order valence-electron chi connectivity index (χ2n) is 7.25. The van der Waals surface area contributed by atoms with Gasteiger partial charge in [-0.3, -0.25) is 9.59 Å². The van der Waals surface area contributed by atoms with Crippen molar-refractivity contribution in [3.05, 3.63) is 64.6 Å². The number of carbonyl (C=O) groups excluding carboxylic acids is 2. The first kappa shape index (κ1) is 22.9. The lowest BCUT2D eigenvalue weighted by Crippen LogP contribution is -2.49.